The SMILES string of the molecule is COCCO[C@@H]1C[C@H]2CC[C@]1(C(=O)n1ccsc1=O)C2(C)C. The number of fused-ring (bicyclic) bond motifs is 2. The summed E-state index contributed by atoms with van der Waals surface area (Å²) in [6.07, 6.45) is 4.18. The van der Waals surface area contributed by atoms with E-state index in [1.807, 2.05) is 0 Å². The molecule has 3 rings (SSSR count). The van der Waals surface area contributed by atoms with Crippen LogP contribution in [-0.2, 0) is 9.47 Å². The van der Waals surface area contributed by atoms with Gasteiger partial charge in [-0.05, 0) is 30.6 Å². The highest BCUT2D eigenvalue weighted by atomic mass is 32.1. The third-order valence-corrected chi connectivity index (χ3v) is 6.54. The molecule has 5 nitrogen and oxygen atoms in total. The summed E-state index contributed by atoms with van der Waals surface area (Å²) in [5.74, 6) is 0.379. The number of thiazole rings is 1. The maximum atomic E-state index is 13.2. The third kappa shape index (κ3) is 2.04. The van der Waals surface area contributed by atoms with Crippen molar-refractivity contribution in [3.05, 3.63) is 21.2 Å². The minimum Gasteiger partial charge on any atom is -0.382 e. The number of carbonyl (C=O) groups excluding carboxylic acids is 1. The maximum absolute atomic E-state index is 13.2. The molecule has 1 aromatic heterocycles. The zero-order chi connectivity index (χ0) is 16.0. The van der Waals surface area contributed by atoms with Gasteiger partial charge in [0.15, 0.2) is 0 Å². The second kappa shape index (κ2) is 5.58. The number of nitrogens with zero attached hydrogens (tertiary/aromatic N) is 1. The largest absolute Gasteiger partial charge is 0.382 e. The second-order valence-corrected chi connectivity index (χ2v) is 7.72. The van der Waals surface area contributed by atoms with E-state index >= 15 is 0 Å². The molecule has 22 heavy (non-hydrogen) atoms. The standard InChI is InChI=1S/C16H23NO4S/c1-15(2)11-4-5-16(15,12(10-11)21-8-7-20-3)13(18)17-6-9-22-14(17)19/h6,9,11-12H,4-5,7-8,10H2,1-3H3/t11-,12-,16+/m1/s1. The average Bonchev–Trinajstić information content (AvgIpc) is 3.08. The summed E-state index contributed by atoms with van der Waals surface area (Å²) in [5.41, 5.74) is -0.750. The molecule has 2 bridgehead atoms. The first-order chi connectivity index (χ1) is 10.4. The topological polar surface area (TPSA) is 57.5 Å². The van der Waals surface area contributed by atoms with E-state index in [9.17, 15) is 9.59 Å². The van der Waals surface area contributed by atoms with Crippen LogP contribution in [-0.4, -0.2) is 36.9 Å². The Balaban J connectivity index is 1.96. The summed E-state index contributed by atoms with van der Waals surface area (Å²) < 4.78 is 12.4. The van der Waals surface area contributed by atoms with Crippen molar-refractivity contribution in [1.29, 1.82) is 0 Å². The molecule has 1 heterocycles. The van der Waals surface area contributed by atoms with Crippen molar-refractivity contribution < 1.29 is 14.3 Å². The van der Waals surface area contributed by atoms with E-state index in [-0.39, 0.29) is 22.3 Å². The minimum atomic E-state index is -0.601. The predicted molar refractivity (Wildman–Crippen MR) is 84.4 cm³/mol. The van der Waals surface area contributed by atoms with Gasteiger partial charge in [0, 0.05) is 18.7 Å². The molecule has 6 heteroatoms. The van der Waals surface area contributed by atoms with Gasteiger partial charge in [-0.3, -0.25) is 9.59 Å². The molecular weight excluding hydrogens is 302 g/mol. The number of methoxy groups -OCH3 is 1. The number of hydrogen-bond acceptors (Lipinski definition) is 5. The van der Waals surface area contributed by atoms with E-state index in [1.54, 1.807) is 18.7 Å². The molecule has 0 unspecified atom stereocenters. The number of ether oxygens (including phenoxy) is 2. The Morgan fingerprint density at radius 1 is 1.45 bits per heavy atom. The van der Waals surface area contributed by atoms with Crippen LogP contribution in [0.2, 0.25) is 0 Å². The molecule has 2 aliphatic rings. The molecule has 0 amide bonds. The highest BCUT2D eigenvalue weighted by Crippen LogP contribution is 2.67. The van der Waals surface area contributed by atoms with Crippen LogP contribution in [0.15, 0.2) is 16.4 Å². The van der Waals surface area contributed by atoms with E-state index in [1.165, 1.54) is 4.57 Å². The fraction of sp³-hybridized carbons (Fsp3) is 0.750. The van der Waals surface area contributed by atoms with Gasteiger partial charge in [0.2, 0.25) is 5.91 Å². The van der Waals surface area contributed by atoms with Gasteiger partial charge >= 0.3 is 4.87 Å². The molecule has 1 aromatic rings. The average molecular weight is 325 g/mol. The molecule has 2 fully saturated rings. The Bertz CT molecular complexity index is 620. The normalized spacial score (nSPS) is 32.5. The van der Waals surface area contributed by atoms with Crippen molar-refractivity contribution in [2.45, 2.75) is 39.2 Å². The number of carbonyl (C=O) groups is 1. The Hall–Kier alpha value is -0.980. The van der Waals surface area contributed by atoms with E-state index < -0.39 is 5.41 Å². The van der Waals surface area contributed by atoms with Gasteiger partial charge in [-0.15, -0.1) is 0 Å². The van der Waals surface area contributed by atoms with Gasteiger partial charge < -0.3 is 9.47 Å². The van der Waals surface area contributed by atoms with E-state index in [4.69, 9.17) is 9.47 Å². The lowest BCUT2D eigenvalue weighted by molar-refractivity contribution is -0.0565. The van der Waals surface area contributed by atoms with Crippen molar-refractivity contribution in [1.82, 2.24) is 4.57 Å². The van der Waals surface area contributed by atoms with Crippen molar-refractivity contribution in [2.75, 3.05) is 20.3 Å². The first-order valence-electron chi connectivity index (χ1n) is 7.76. The molecule has 122 valence electrons. The molecule has 3 atom stereocenters. The smallest absolute Gasteiger partial charge is 0.313 e. The number of rotatable bonds is 5. The van der Waals surface area contributed by atoms with Crippen LogP contribution >= 0.6 is 11.3 Å². The summed E-state index contributed by atoms with van der Waals surface area (Å²) in [7, 11) is 1.64. The predicted octanol–water partition coefficient (Wildman–Crippen LogP) is 2.41. The highest BCUT2D eigenvalue weighted by molar-refractivity contribution is 7.07. The molecule has 0 N–H and O–H groups in total. The lowest BCUT2D eigenvalue weighted by Crippen LogP contribution is -2.50. The van der Waals surface area contributed by atoms with Crippen molar-refractivity contribution >= 4 is 17.2 Å². The van der Waals surface area contributed by atoms with Gasteiger partial charge in [0.25, 0.3) is 0 Å². The quantitative estimate of drug-likeness (QED) is 0.780. The zero-order valence-electron chi connectivity index (χ0n) is 13.3. The van der Waals surface area contributed by atoms with Crippen LogP contribution in [0, 0.1) is 16.7 Å². The van der Waals surface area contributed by atoms with Gasteiger partial charge in [-0.1, -0.05) is 25.2 Å². The maximum Gasteiger partial charge on any atom is 0.313 e. The molecular formula is C16H23NO4S. The van der Waals surface area contributed by atoms with Crippen molar-refractivity contribution in [2.24, 2.45) is 16.7 Å². The summed E-state index contributed by atoms with van der Waals surface area (Å²) in [4.78, 5) is 25.0. The summed E-state index contributed by atoms with van der Waals surface area (Å²) in [6.45, 7) is 5.31. The van der Waals surface area contributed by atoms with Crippen LogP contribution in [0.3, 0.4) is 0 Å². The van der Waals surface area contributed by atoms with Gasteiger partial charge in [-0.25, -0.2) is 4.57 Å². The Morgan fingerprint density at radius 2 is 2.23 bits per heavy atom. The van der Waals surface area contributed by atoms with Crippen LogP contribution < -0.4 is 4.87 Å². The minimum absolute atomic E-state index is 0.0915. The third-order valence-electron chi connectivity index (χ3n) is 5.89. The lowest BCUT2D eigenvalue weighted by atomic mass is 9.67. The Morgan fingerprint density at radius 3 is 2.82 bits per heavy atom. The summed E-state index contributed by atoms with van der Waals surface area (Å²) in [6, 6.07) is 0. The lowest BCUT2D eigenvalue weighted by Gasteiger charge is -2.40. The second-order valence-electron chi connectivity index (χ2n) is 6.86. The van der Waals surface area contributed by atoms with E-state index in [0.717, 1.165) is 30.6 Å². The van der Waals surface area contributed by atoms with Gasteiger partial charge in [0.1, 0.15) is 0 Å². The zero-order valence-corrected chi connectivity index (χ0v) is 14.1. The fourth-order valence-electron chi connectivity index (χ4n) is 4.53. The van der Waals surface area contributed by atoms with Gasteiger partial charge in [0.05, 0.1) is 24.7 Å². The summed E-state index contributed by atoms with van der Waals surface area (Å²) >= 11 is 1.06. The Labute approximate surface area is 134 Å². The van der Waals surface area contributed by atoms with E-state index in [2.05, 4.69) is 13.8 Å². The van der Waals surface area contributed by atoms with Crippen molar-refractivity contribution in [3.8, 4) is 0 Å². The molecule has 0 radical (unpaired) electrons. The fourth-order valence-corrected chi connectivity index (χ4v) is 5.09. The molecule has 0 aliphatic heterocycles. The van der Waals surface area contributed by atoms with E-state index in [0.29, 0.717) is 19.1 Å². The monoisotopic (exact) mass is 325 g/mol. The first-order valence-corrected chi connectivity index (χ1v) is 8.64. The molecule has 0 aromatic carbocycles. The van der Waals surface area contributed by atoms with Crippen LogP contribution in [0.1, 0.15) is 37.9 Å². The number of aromatic nitrogens is 1. The first kappa shape index (κ1) is 15.9. The number of hydrogen-bond donors (Lipinski definition) is 0. The van der Waals surface area contributed by atoms with Gasteiger partial charge in [-0.2, -0.15) is 0 Å². The molecule has 2 aliphatic carbocycles. The van der Waals surface area contributed by atoms with Crippen molar-refractivity contribution in [3.63, 3.8) is 0 Å². The van der Waals surface area contributed by atoms with Crippen LogP contribution in [0.4, 0.5) is 0 Å². The molecule has 0 saturated heterocycles. The molecule has 2 saturated carbocycles. The highest BCUT2D eigenvalue weighted by Gasteiger charge is 2.68. The Kier molecular flexibility index (Phi) is 4.03. The summed E-state index contributed by atoms with van der Waals surface area (Å²) in [5, 5.41) is 1.67. The van der Waals surface area contributed by atoms with Crippen LogP contribution in [0.25, 0.3) is 0 Å². The van der Waals surface area contributed by atoms with Crippen LogP contribution in [0.5, 0.6) is 0 Å². The molecule has 0 spiro atoms.